The summed E-state index contributed by atoms with van der Waals surface area (Å²) in [5.41, 5.74) is 7.55. The summed E-state index contributed by atoms with van der Waals surface area (Å²) in [6.07, 6.45) is 7.89. The Balaban J connectivity index is 1.47. The number of nitrogens with zero attached hydrogens (tertiary/aromatic N) is 5. The van der Waals surface area contributed by atoms with Crippen molar-refractivity contribution in [1.82, 2.24) is 40.0 Å². The van der Waals surface area contributed by atoms with Crippen molar-refractivity contribution >= 4 is 22.1 Å². The Kier molecular flexibility index (Phi) is 3.92. The van der Waals surface area contributed by atoms with Crippen molar-refractivity contribution in [1.29, 1.82) is 0 Å². The van der Waals surface area contributed by atoms with Gasteiger partial charge in [-0.05, 0) is 57.1 Å². The fourth-order valence-electron chi connectivity index (χ4n) is 4.37. The topological polar surface area (TPSA) is 100 Å². The summed E-state index contributed by atoms with van der Waals surface area (Å²) in [5, 5.41) is 12.2. The maximum Gasteiger partial charge on any atom is 0.139 e. The van der Waals surface area contributed by atoms with Gasteiger partial charge in [0.15, 0.2) is 0 Å². The number of pyridine rings is 2. The minimum absolute atomic E-state index is 0.499. The third-order valence-electron chi connectivity index (χ3n) is 5.94. The Morgan fingerprint density at radius 2 is 2.00 bits per heavy atom. The van der Waals surface area contributed by atoms with E-state index in [1.807, 2.05) is 36.3 Å². The first-order chi connectivity index (χ1) is 14.8. The first-order valence-corrected chi connectivity index (χ1v) is 10.3. The van der Waals surface area contributed by atoms with Gasteiger partial charge >= 0.3 is 0 Å². The number of fused-ring (bicyclic) bond motifs is 2. The van der Waals surface area contributed by atoms with E-state index in [1.54, 1.807) is 0 Å². The maximum atomic E-state index is 5.01. The molecule has 0 radical (unpaired) electrons. The molecule has 1 aliphatic rings. The van der Waals surface area contributed by atoms with Crippen molar-refractivity contribution in [2.24, 2.45) is 0 Å². The normalized spacial score (nSPS) is 15.4. The van der Waals surface area contributed by atoms with E-state index in [1.165, 1.54) is 0 Å². The van der Waals surface area contributed by atoms with Crippen molar-refractivity contribution in [3.8, 4) is 17.1 Å². The van der Waals surface area contributed by atoms with E-state index in [-0.39, 0.29) is 0 Å². The van der Waals surface area contributed by atoms with E-state index in [0.717, 1.165) is 76.5 Å². The number of hydrogen-bond acceptors (Lipinski definition) is 5. The highest BCUT2D eigenvalue weighted by molar-refractivity contribution is 5.95. The molecule has 8 nitrogen and oxygen atoms in total. The van der Waals surface area contributed by atoms with Crippen LogP contribution < -0.4 is 5.32 Å². The van der Waals surface area contributed by atoms with Gasteiger partial charge in [-0.15, -0.1) is 0 Å². The van der Waals surface area contributed by atoms with Gasteiger partial charge in [0.25, 0.3) is 0 Å². The van der Waals surface area contributed by atoms with Crippen LogP contribution >= 0.6 is 0 Å². The number of nitrogens with one attached hydrogen (secondary N) is 3. The van der Waals surface area contributed by atoms with Crippen molar-refractivity contribution in [2.45, 2.75) is 25.7 Å². The number of hydrogen-bond donors (Lipinski definition) is 3. The molecular weight excluding hydrogens is 376 g/mol. The zero-order valence-electron chi connectivity index (χ0n) is 16.7. The summed E-state index contributed by atoms with van der Waals surface area (Å²) >= 11 is 0. The minimum Gasteiger partial charge on any atom is -0.338 e. The highest BCUT2D eigenvalue weighted by Crippen LogP contribution is 2.31. The molecule has 0 amide bonds. The van der Waals surface area contributed by atoms with E-state index in [9.17, 15) is 0 Å². The summed E-state index contributed by atoms with van der Waals surface area (Å²) in [5.74, 6) is 0.499. The molecule has 0 spiro atoms. The smallest absolute Gasteiger partial charge is 0.139 e. The number of piperidine rings is 1. The zero-order valence-corrected chi connectivity index (χ0v) is 16.7. The van der Waals surface area contributed by atoms with Crippen LogP contribution in [0.1, 0.15) is 30.1 Å². The fraction of sp³-hybridized carbons (Fsp3) is 0.273. The molecule has 0 unspecified atom stereocenters. The van der Waals surface area contributed by atoms with Crippen LogP contribution in [0.4, 0.5) is 0 Å². The lowest BCUT2D eigenvalue weighted by Crippen LogP contribution is -2.27. The quantitative estimate of drug-likeness (QED) is 0.432. The third-order valence-corrected chi connectivity index (χ3v) is 5.94. The largest absolute Gasteiger partial charge is 0.338 e. The summed E-state index contributed by atoms with van der Waals surface area (Å²) < 4.78 is 2.02. The van der Waals surface area contributed by atoms with E-state index in [2.05, 4.69) is 48.7 Å². The molecule has 0 atom stereocenters. The van der Waals surface area contributed by atoms with Crippen molar-refractivity contribution in [2.75, 3.05) is 13.1 Å². The summed E-state index contributed by atoms with van der Waals surface area (Å²) in [6.45, 7) is 4.08. The second kappa shape index (κ2) is 6.77. The molecule has 0 saturated carbocycles. The van der Waals surface area contributed by atoms with Crippen LogP contribution in [0.25, 0.3) is 39.1 Å². The first kappa shape index (κ1) is 17.3. The molecule has 1 saturated heterocycles. The van der Waals surface area contributed by atoms with Crippen LogP contribution in [0.2, 0.25) is 0 Å². The molecule has 6 rings (SSSR count). The summed E-state index contributed by atoms with van der Waals surface area (Å²) in [7, 11) is 0. The lowest BCUT2D eigenvalue weighted by Gasteiger charge is -2.22. The summed E-state index contributed by atoms with van der Waals surface area (Å²) in [4.78, 5) is 17.3. The van der Waals surface area contributed by atoms with E-state index in [4.69, 9.17) is 4.98 Å². The van der Waals surface area contributed by atoms with Crippen LogP contribution in [0.3, 0.4) is 0 Å². The average molecular weight is 398 g/mol. The number of H-pyrrole nitrogens is 2. The van der Waals surface area contributed by atoms with Crippen LogP contribution in [-0.4, -0.2) is 47.8 Å². The van der Waals surface area contributed by atoms with Gasteiger partial charge in [0.1, 0.15) is 16.9 Å². The predicted octanol–water partition coefficient (Wildman–Crippen LogP) is 3.46. The number of imidazole rings is 1. The van der Waals surface area contributed by atoms with Crippen LogP contribution in [0, 0.1) is 6.92 Å². The van der Waals surface area contributed by atoms with Crippen LogP contribution in [-0.2, 0) is 0 Å². The van der Waals surface area contributed by atoms with Gasteiger partial charge in [-0.25, -0.2) is 15.0 Å². The molecule has 1 fully saturated rings. The monoisotopic (exact) mass is 398 g/mol. The lowest BCUT2D eigenvalue weighted by molar-refractivity contribution is 0.454. The number of rotatable bonds is 3. The summed E-state index contributed by atoms with van der Waals surface area (Å²) in [6, 6.07) is 8.32. The van der Waals surface area contributed by atoms with Gasteiger partial charge in [0.2, 0.25) is 0 Å². The first-order valence-electron chi connectivity index (χ1n) is 10.3. The molecule has 5 aromatic heterocycles. The molecule has 3 N–H and O–H groups in total. The Labute approximate surface area is 172 Å². The van der Waals surface area contributed by atoms with Gasteiger partial charge in [0.05, 0.1) is 28.9 Å². The molecule has 0 bridgehead atoms. The van der Waals surface area contributed by atoms with Crippen LogP contribution in [0.15, 0.2) is 43.0 Å². The molecular formula is C22H22N8. The molecule has 150 valence electrons. The average Bonchev–Trinajstić information content (AvgIpc) is 3.51. The van der Waals surface area contributed by atoms with Gasteiger partial charge in [-0.1, -0.05) is 0 Å². The maximum absolute atomic E-state index is 5.01. The number of aromatic amines is 2. The number of aromatic nitrogens is 7. The van der Waals surface area contributed by atoms with E-state index in [0.29, 0.717) is 5.92 Å². The van der Waals surface area contributed by atoms with E-state index >= 15 is 0 Å². The Hall–Kier alpha value is -3.52. The van der Waals surface area contributed by atoms with Gasteiger partial charge in [-0.3, -0.25) is 5.10 Å². The van der Waals surface area contributed by atoms with Crippen LogP contribution in [0.5, 0.6) is 0 Å². The second-order valence-corrected chi connectivity index (χ2v) is 7.93. The highest BCUT2D eigenvalue weighted by atomic mass is 15.1. The van der Waals surface area contributed by atoms with Crippen molar-refractivity contribution < 1.29 is 0 Å². The van der Waals surface area contributed by atoms with E-state index < -0.39 is 0 Å². The SMILES string of the molecule is Cc1cn(-c2ccnc3[nH]c(-c4n[nH]c5ccc(C6CCNCC6)nc45)cc23)cn1. The molecule has 5 aromatic rings. The van der Waals surface area contributed by atoms with Gasteiger partial charge < -0.3 is 14.9 Å². The Morgan fingerprint density at radius 1 is 1.10 bits per heavy atom. The Morgan fingerprint density at radius 3 is 2.83 bits per heavy atom. The molecule has 1 aliphatic heterocycles. The molecule has 6 heterocycles. The molecule has 8 heteroatoms. The predicted molar refractivity (Wildman–Crippen MR) is 116 cm³/mol. The lowest BCUT2D eigenvalue weighted by atomic mass is 9.94. The molecule has 30 heavy (non-hydrogen) atoms. The molecule has 0 aromatic carbocycles. The van der Waals surface area contributed by atoms with Gasteiger partial charge in [0, 0.05) is 29.4 Å². The zero-order chi connectivity index (χ0) is 20.1. The third kappa shape index (κ3) is 2.80. The van der Waals surface area contributed by atoms with Crippen molar-refractivity contribution in [3.63, 3.8) is 0 Å². The standard InChI is InChI=1S/C22H22N8/c1-13-11-30(12-25-13)19-6-9-24-22-15(19)10-18(27-22)21-20-17(28-29-21)3-2-16(26-20)14-4-7-23-8-5-14/h2-3,6,9-12,14,23H,4-5,7-8H2,1H3,(H,24,27)(H,28,29). The Bertz CT molecular complexity index is 1350. The highest BCUT2D eigenvalue weighted by Gasteiger charge is 2.20. The minimum atomic E-state index is 0.499. The fourth-order valence-corrected chi connectivity index (χ4v) is 4.37. The number of aryl methyl sites for hydroxylation is 1. The molecule has 0 aliphatic carbocycles. The van der Waals surface area contributed by atoms with Gasteiger partial charge in [-0.2, -0.15) is 5.10 Å². The second-order valence-electron chi connectivity index (χ2n) is 7.93. The van der Waals surface area contributed by atoms with Crippen molar-refractivity contribution in [3.05, 3.63) is 54.4 Å².